The smallest absolute Gasteiger partial charge is 0.0249 e. The SMILES string of the molecule is C=C/C(C#Cc1ccc(C)cc1)=C\C=C(C)C. The Balaban J connectivity index is 2.89. The summed E-state index contributed by atoms with van der Waals surface area (Å²) in [6.07, 6.45) is 5.81. The second-order valence-electron chi connectivity index (χ2n) is 4.19. The summed E-state index contributed by atoms with van der Waals surface area (Å²) in [5.41, 5.74) is 4.47. The lowest BCUT2D eigenvalue weighted by atomic mass is 10.1. The third-order valence-electron chi connectivity index (χ3n) is 2.22. The minimum atomic E-state index is 0.937. The molecular weight excluding hydrogens is 204 g/mol. The third kappa shape index (κ3) is 5.04. The Kier molecular flexibility index (Phi) is 5.04. The first-order chi connectivity index (χ1) is 8.11. The van der Waals surface area contributed by atoms with E-state index >= 15 is 0 Å². The van der Waals surface area contributed by atoms with Crippen molar-refractivity contribution in [3.8, 4) is 11.8 Å². The maximum Gasteiger partial charge on any atom is 0.0249 e. The van der Waals surface area contributed by atoms with Gasteiger partial charge in [0, 0.05) is 11.1 Å². The topological polar surface area (TPSA) is 0 Å². The lowest BCUT2D eigenvalue weighted by Gasteiger charge is -1.92. The van der Waals surface area contributed by atoms with Crippen molar-refractivity contribution in [1.29, 1.82) is 0 Å². The van der Waals surface area contributed by atoms with Crippen molar-refractivity contribution < 1.29 is 0 Å². The molecule has 0 aliphatic rings. The first-order valence-electron chi connectivity index (χ1n) is 5.68. The molecule has 17 heavy (non-hydrogen) atoms. The van der Waals surface area contributed by atoms with E-state index in [1.54, 1.807) is 6.08 Å². The highest BCUT2D eigenvalue weighted by Crippen LogP contribution is 2.03. The second-order valence-corrected chi connectivity index (χ2v) is 4.19. The van der Waals surface area contributed by atoms with E-state index in [4.69, 9.17) is 0 Å². The van der Waals surface area contributed by atoms with Gasteiger partial charge in [0.25, 0.3) is 0 Å². The molecule has 0 heterocycles. The molecule has 0 saturated carbocycles. The number of allylic oxidation sites excluding steroid dienone is 5. The van der Waals surface area contributed by atoms with Crippen LogP contribution >= 0.6 is 0 Å². The van der Waals surface area contributed by atoms with Crippen molar-refractivity contribution in [2.24, 2.45) is 0 Å². The van der Waals surface area contributed by atoms with E-state index in [0.29, 0.717) is 0 Å². The van der Waals surface area contributed by atoms with Gasteiger partial charge in [0.1, 0.15) is 0 Å². The lowest BCUT2D eigenvalue weighted by molar-refractivity contribution is 1.39. The maximum absolute atomic E-state index is 3.77. The van der Waals surface area contributed by atoms with Crippen LogP contribution in [0.5, 0.6) is 0 Å². The zero-order valence-electron chi connectivity index (χ0n) is 10.7. The van der Waals surface area contributed by atoms with E-state index in [1.165, 1.54) is 11.1 Å². The zero-order valence-corrected chi connectivity index (χ0v) is 10.7. The van der Waals surface area contributed by atoms with Gasteiger partial charge in [-0.25, -0.2) is 0 Å². The highest BCUT2D eigenvalue weighted by molar-refractivity contribution is 5.46. The van der Waals surface area contributed by atoms with Crippen molar-refractivity contribution in [3.05, 3.63) is 71.3 Å². The first-order valence-corrected chi connectivity index (χ1v) is 5.68. The predicted octanol–water partition coefficient (Wildman–Crippen LogP) is 4.43. The molecule has 1 aromatic rings. The summed E-state index contributed by atoms with van der Waals surface area (Å²) < 4.78 is 0. The molecule has 0 aromatic heterocycles. The van der Waals surface area contributed by atoms with E-state index in [9.17, 15) is 0 Å². The maximum atomic E-state index is 3.77. The summed E-state index contributed by atoms with van der Waals surface area (Å²) in [4.78, 5) is 0. The molecule has 1 rings (SSSR count). The van der Waals surface area contributed by atoms with Crippen LogP contribution in [0.1, 0.15) is 25.0 Å². The Morgan fingerprint density at radius 1 is 1.12 bits per heavy atom. The standard InChI is InChI=1S/C17H18/c1-5-16(9-6-14(2)3)12-13-17-10-7-15(4)8-11-17/h5-11H,1H2,2-4H3/b16-9+. The Morgan fingerprint density at radius 2 is 1.76 bits per heavy atom. The molecule has 0 N–H and O–H groups in total. The molecule has 1 aromatic carbocycles. The first kappa shape index (κ1) is 13.1. The van der Waals surface area contributed by atoms with Crippen LogP contribution < -0.4 is 0 Å². The van der Waals surface area contributed by atoms with Crippen LogP contribution in [0.3, 0.4) is 0 Å². The molecule has 0 spiro atoms. The summed E-state index contributed by atoms with van der Waals surface area (Å²) in [5, 5.41) is 0. The van der Waals surface area contributed by atoms with Crippen LogP contribution in [0.2, 0.25) is 0 Å². The summed E-state index contributed by atoms with van der Waals surface area (Å²) in [6.45, 7) is 9.96. The summed E-state index contributed by atoms with van der Waals surface area (Å²) in [5.74, 6) is 6.24. The molecule has 0 radical (unpaired) electrons. The molecule has 86 valence electrons. The van der Waals surface area contributed by atoms with E-state index in [-0.39, 0.29) is 0 Å². The van der Waals surface area contributed by atoms with Gasteiger partial charge in [-0.3, -0.25) is 0 Å². The molecule has 0 aliphatic carbocycles. The van der Waals surface area contributed by atoms with Crippen molar-refractivity contribution in [2.75, 3.05) is 0 Å². The van der Waals surface area contributed by atoms with Gasteiger partial charge in [0.05, 0.1) is 0 Å². The summed E-state index contributed by atoms with van der Waals surface area (Å²) >= 11 is 0. The fourth-order valence-electron chi connectivity index (χ4n) is 1.20. The molecule has 0 aliphatic heterocycles. The average molecular weight is 222 g/mol. The normalized spacial score (nSPS) is 10.2. The van der Waals surface area contributed by atoms with Crippen molar-refractivity contribution >= 4 is 0 Å². The Bertz CT molecular complexity index is 495. The number of hydrogen-bond donors (Lipinski definition) is 0. The van der Waals surface area contributed by atoms with Gasteiger partial charge in [-0.05, 0) is 39.0 Å². The Hall–Kier alpha value is -2.00. The molecule has 0 nitrogen and oxygen atoms in total. The van der Waals surface area contributed by atoms with Crippen molar-refractivity contribution in [2.45, 2.75) is 20.8 Å². The van der Waals surface area contributed by atoms with Crippen molar-refractivity contribution in [1.82, 2.24) is 0 Å². The molecular formula is C17H18. The lowest BCUT2D eigenvalue weighted by Crippen LogP contribution is -1.76. The van der Waals surface area contributed by atoms with Crippen LogP contribution in [0, 0.1) is 18.8 Å². The third-order valence-corrected chi connectivity index (χ3v) is 2.22. The number of aryl methyl sites for hydroxylation is 1. The quantitative estimate of drug-likeness (QED) is 0.513. The van der Waals surface area contributed by atoms with Crippen LogP contribution in [0.15, 0.2) is 60.2 Å². The van der Waals surface area contributed by atoms with E-state index in [0.717, 1.165) is 11.1 Å². The average Bonchev–Trinajstić information content (AvgIpc) is 2.31. The van der Waals surface area contributed by atoms with Gasteiger partial charge in [-0.1, -0.05) is 53.8 Å². The predicted molar refractivity (Wildman–Crippen MR) is 75.8 cm³/mol. The molecule has 0 unspecified atom stereocenters. The van der Waals surface area contributed by atoms with Gasteiger partial charge in [0.2, 0.25) is 0 Å². The minimum absolute atomic E-state index is 0.937. The monoisotopic (exact) mass is 222 g/mol. The van der Waals surface area contributed by atoms with Crippen LogP contribution in [0.25, 0.3) is 0 Å². The Labute approximate surface area is 104 Å². The largest absolute Gasteiger partial charge is 0.0978 e. The number of benzene rings is 1. The van der Waals surface area contributed by atoms with E-state index in [2.05, 4.69) is 51.3 Å². The Morgan fingerprint density at radius 3 is 2.29 bits per heavy atom. The van der Waals surface area contributed by atoms with E-state index < -0.39 is 0 Å². The molecule has 0 atom stereocenters. The fourth-order valence-corrected chi connectivity index (χ4v) is 1.20. The minimum Gasteiger partial charge on any atom is -0.0978 e. The zero-order chi connectivity index (χ0) is 12.7. The summed E-state index contributed by atoms with van der Waals surface area (Å²) in [7, 11) is 0. The van der Waals surface area contributed by atoms with Gasteiger partial charge in [-0.15, -0.1) is 0 Å². The molecule has 0 bridgehead atoms. The molecule has 0 saturated heterocycles. The van der Waals surface area contributed by atoms with Gasteiger partial charge in [-0.2, -0.15) is 0 Å². The highest BCUT2D eigenvalue weighted by Gasteiger charge is 1.86. The van der Waals surface area contributed by atoms with Crippen molar-refractivity contribution in [3.63, 3.8) is 0 Å². The van der Waals surface area contributed by atoms with E-state index in [1.807, 2.05) is 24.3 Å². The molecule has 0 fully saturated rings. The van der Waals surface area contributed by atoms with Crippen LogP contribution in [-0.2, 0) is 0 Å². The highest BCUT2D eigenvalue weighted by atomic mass is 13.9. The van der Waals surface area contributed by atoms with Crippen LogP contribution in [0.4, 0.5) is 0 Å². The molecule has 0 heteroatoms. The number of rotatable bonds is 2. The van der Waals surface area contributed by atoms with Gasteiger partial charge in [0.15, 0.2) is 0 Å². The second kappa shape index (κ2) is 6.55. The van der Waals surface area contributed by atoms with Gasteiger partial charge >= 0.3 is 0 Å². The summed E-state index contributed by atoms with van der Waals surface area (Å²) in [6, 6.07) is 8.20. The van der Waals surface area contributed by atoms with Crippen LogP contribution in [-0.4, -0.2) is 0 Å². The molecule has 0 amide bonds. The van der Waals surface area contributed by atoms with Gasteiger partial charge < -0.3 is 0 Å². The number of hydrogen-bond acceptors (Lipinski definition) is 0. The fraction of sp³-hybridized carbons (Fsp3) is 0.176.